The zero-order valence-corrected chi connectivity index (χ0v) is 15.6. The zero-order chi connectivity index (χ0) is 21.7. The number of nitrogens with zero attached hydrogens (tertiary/aromatic N) is 2. The third-order valence-electron chi connectivity index (χ3n) is 4.32. The number of halogens is 3. The highest BCUT2D eigenvalue weighted by molar-refractivity contribution is 5.98. The average molecular weight is 421 g/mol. The number of nitrogens with one attached hydrogen (secondary N) is 1. The average Bonchev–Trinajstić information content (AvgIpc) is 2.70. The zero-order valence-electron chi connectivity index (χ0n) is 15.6. The molecule has 0 bridgehead atoms. The van der Waals surface area contributed by atoms with Crippen molar-refractivity contribution in [1.82, 2.24) is 15.5 Å². The summed E-state index contributed by atoms with van der Waals surface area (Å²) in [5, 5.41) is 30.2. The Hall–Kier alpha value is -3.56. The summed E-state index contributed by atoms with van der Waals surface area (Å²) >= 11 is 0. The van der Waals surface area contributed by atoms with Gasteiger partial charge in [0.1, 0.15) is 11.4 Å². The lowest BCUT2D eigenvalue weighted by Crippen LogP contribution is -2.22. The molecule has 1 heterocycles. The van der Waals surface area contributed by atoms with Crippen molar-refractivity contribution in [3.05, 3.63) is 48.0 Å². The molecular weight excluding hydrogens is 403 g/mol. The first-order chi connectivity index (χ1) is 14.3. The second-order valence-electron chi connectivity index (χ2n) is 6.42. The molecule has 1 amide bonds. The van der Waals surface area contributed by atoms with Gasteiger partial charge in [-0.15, -0.1) is 10.2 Å². The van der Waals surface area contributed by atoms with Crippen molar-refractivity contribution in [1.29, 1.82) is 0 Å². The number of phenols is 1. The van der Waals surface area contributed by atoms with E-state index in [4.69, 9.17) is 9.84 Å². The van der Waals surface area contributed by atoms with Gasteiger partial charge in [0.2, 0.25) is 5.88 Å². The standard InChI is InChI=1S/C20H18F3N3O4/c21-20(22,23)12-7-8-15(16(27)11-12)17-13-5-1-2-6-14(13)18(26-25-17)30-10-4-3-9-24-19(28)29/h1-2,5-8,11,24,27H,3-4,9-10H2,(H,28,29). The van der Waals surface area contributed by atoms with Gasteiger partial charge in [-0.25, -0.2) is 4.79 Å². The molecule has 0 aliphatic rings. The topological polar surface area (TPSA) is 105 Å². The third kappa shape index (κ3) is 4.88. The van der Waals surface area contributed by atoms with Crippen LogP contribution >= 0.6 is 0 Å². The van der Waals surface area contributed by atoms with Crippen LogP contribution in [0.15, 0.2) is 42.5 Å². The highest BCUT2D eigenvalue weighted by Crippen LogP contribution is 2.38. The molecule has 3 N–H and O–H groups in total. The van der Waals surface area contributed by atoms with Crippen molar-refractivity contribution < 1.29 is 32.9 Å². The Labute approximate surface area is 169 Å². The molecule has 0 unspecified atom stereocenters. The molecule has 0 saturated carbocycles. The molecule has 158 valence electrons. The molecule has 0 aliphatic carbocycles. The molecule has 10 heteroatoms. The number of unbranched alkanes of at least 4 members (excludes halogenated alkanes) is 1. The van der Waals surface area contributed by atoms with Gasteiger partial charge in [-0.3, -0.25) is 0 Å². The molecule has 30 heavy (non-hydrogen) atoms. The Morgan fingerprint density at radius 2 is 1.80 bits per heavy atom. The van der Waals surface area contributed by atoms with Crippen LogP contribution < -0.4 is 10.1 Å². The summed E-state index contributed by atoms with van der Waals surface area (Å²) in [4.78, 5) is 10.4. The number of amides is 1. The normalized spacial score (nSPS) is 11.4. The van der Waals surface area contributed by atoms with Gasteiger partial charge >= 0.3 is 12.3 Å². The van der Waals surface area contributed by atoms with Gasteiger partial charge in [-0.1, -0.05) is 18.2 Å². The number of carbonyl (C=O) groups is 1. The van der Waals surface area contributed by atoms with Gasteiger partial charge in [0.25, 0.3) is 0 Å². The summed E-state index contributed by atoms with van der Waals surface area (Å²) in [6.07, 6.45) is -4.50. The molecule has 0 fully saturated rings. The number of aromatic nitrogens is 2. The summed E-state index contributed by atoms with van der Waals surface area (Å²) in [6, 6.07) is 9.61. The van der Waals surface area contributed by atoms with Crippen LogP contribution in [-0.2, 0) is 6.18 Å². The van der Waals surface area contributed by atoms with Crippen LogP contribution in [-0.4, -0.2) is 39.7 Å². The molecule has 0 radical (unpaired) electrons. The molecule has 7 nitrogen and oxygen atoms in total. The summed E-state index contributed by atoms with van der Waals surface area (Å²) in [6.45, 7) is 0.585. The lowest BCUT2D eigenvalue weighted by molar-refractivity contribution is -0.137. The van der Waals surface area contributed by atoms with Crippen molar-refractivity contribution >= 4 is 16.9 Å². The molecule has 0 spiro atoms. The number of phenolic OH excluding ortho intramolecular Hbond substituents is 1. The van der Waals surface area contributed by atoms with Gasteiger partial charge in [0.15, 0.2) is 0 Å². The first kappa shape index (κ1) is 21.2. The number of hydrogen-bond donors (Lipinski definition) is 3. The maximum Gasteiger partial charge on any atom is 0.416 e. The van der Waals surface area contributed by atoms with Crippen LogP contribution in [0.1, 0.15) is 18.4 Å². The van der Waals surface area contributed by atoms with Crippen LogP contribution in [0.4, 0.5) is 18.0 Å². The fourth-order valence-electron chi connectivity index (χ4n) is 2.88. The first-order valence-corrected chi connectivity index (χ1v) is 9.03. The van der Waals surface area contributed by atoms with E-state index in [0.717, 1.165) is 12.1 Å². The van der Waals surface area contributed by atoms with Gasteiger partial charge in [0.05, 0.1) is 12.2 Å². The van der Waals surface area contributed by atoms with Crippen LogP contribution in [0.25, 0.3) is 22.0 Å². The maximum absolute atomic E-state index is 12.9. The van der Waals surface area contributed by atoms with E-state index in [1.807, 2.05) is 0 Å². The SMILES string of the molecule is O=C(O)NCCCCOc1nnc(-c2ccc(C(F)(F)F)cc2O)c2ccccc12. The Kier molecular flexibility index (Phi) is 6.24. The van der Waals surface area contributed by atoms with E-state index in [1.165, 1.54) is 0 Å². The molecule has 2 aromatic carbocycles. The van der Waals surface area contributed by atoms with Crippen molar-refractivity contribution in [2.45, 2.75) is 19.0 Å². The number of hydrogen-bond acceptors (Lipinski definition) is 5. The quantitative estimate of drug-likeness (QED) is 0.487. The smallest absolute Gasteiger partial charge is 0.416 e. The van der Waals surface area contributed by atoms with Crippen LogP contribution in [0, 0.1) is 0 Å². The van der Waals surface area contributed by atoms with Crippen molar-refractivity contribution in [3.63, 3.8) is 0 Å². The molecule has 3 aromatic rings. The van der Waals surface area contributed by atoms with E-state index < -0.39 is 23.6 Å². The van der Waals surface area contributed by atoms with Crippen LogP contribution in [0.5, 0.6) is 11.6 Å². The minimum absolute atomic E-state index is 0.123. The highest BCUT2D eigenvalue weighted by Gasteiger charge is 2.31. The Morgan fingerprint density at radius 1 is 1.07 bits per heavy atom. The van der Waals surface area contributed by atoms with Crippen molar-refractivity contribution in [2.75, 3.05) is 13.2 Å². The summed E-state index contributed by atoms with van der Waals surface area (Å²) in [5.41, 5.74) is -0.605. The number of benzene rings is 2. The van der Waals surface area contributed by atoms with Crippen molar-refractivity contribution in [3.8, 4) is 22.9 Å². The number of ether oxygens (including phenoxy) is 1. The summed E-state index contributed by atoms with van der Waals surface area (Å²) < 4.78 is 44.2. The highest BCUT2D eigenvalue weighted by atomic mass is 19.4. The summed E-state index contributed by atoms with van der Waals surface area (Å²) in [5.74, 6) is -0.309. The number of fused-ring (bicyclic) bond motifs is 1. The van der Waals surface area contributed by atoms with Gasteiger partial charge in [-0.05, 0) is 37.1 Å². The minimum Gasteiger partial charge on any atom is -0.507 e. The number of aromatic hydroxyl groups is 1. The fraction of sp³-hybridized carbons (Fsp3) is 0.250. The number of alkyl halides is 3. The van der Waals surface area contributed by atoms with E-state index in [9.17, 15) is 23.1 Å². The van der Waals surface area contributed by atoms with E-state index in [-0.39, 0.29) is 23.7 Å². The molecule has 0 saturated heterocycles. The lowest BCUT2D eigenvalue weighted by atomic mass is 10.0. The number of rotatable bonds is 7. The van der Waals surface area contributed by atoms with Gasteiger partial charge < -0.3 is 20.3 Å². The third-order valence-corrected chi connectivity index (χ3v) is 4.32. The van der Waals surface area contributed by atoms with E-state index in [0.29, 0.717) is 36.2 Å². The van der Waals surface area contributed by atoms with Crippen LogP contribution in [0.2, 0.25) is 0 Å². The first-order valence-electron chi connectivity index (χ1n) is 9.03. The molecular formula is C20H18F3N3O4. The molecule has 0 aliphatic heterocycles. The van der Waals surface area contributed by atoms with E-state index in [2.05, 4.69) is 15.5 Å². The second kappa shape index (κ2) is 8.85. The Morgan fingerprint density at radius 3 is 2.47 bits per heavy atom. The second-order valence-corrected chi connectivity index (χ2v) is 6.42. The predicted octanol–water partition coefficient (Wildman–Crippen LogP) is 4.45. The van der Waals surface area contributed by atoms with Crippen LogP contribution in [0.3, 0.4) is 0 Å². The van der Waals surface area contributed by atoms with Crippen molar-refractivity contribution in [2.24, 2.45) is 0 Å². The van der Waals surface area contributed by atoms with E-state index >= 15 is 0 Å². The Bertz CT molecular complexity index is 1060. The van der Waals surface area contributed by atoms with Gasteiger partial charge in [-0.2, -0.15) is 13.2 Å². The lowest BCUT2D eigenvalue weighted by Gasteiger charge is -2.13. The molecule has 0 atom stereocenters. The minimum atomic E-state index is -4.57. The maximum atomic E-state index is 12.9. The Balaban J connectivity index is 1.83. The predicted molar refractivity (Wildman–Crippen MR) is 102 cm³/mol. The molecule has 1 aromatic heterocycles. The summed E-state index contributed by atoms with van der Waals surface area (Å²) in [7, 11) is 0. The van der Waals surface area contributed by atoms with E-state index in [1.54, 1.807) is 24.3 Å². The van der Waals surface area contributed by atoms with Gasteiger partial charge in [0, 0.05) is 22.9 Å². The fourth-order valence-corrected chi connectivity index (χ4v) is 2.88. The number of carboxylic acid groups (broad SMARTS) is 1. The monoisotopic (exact) mass is 421 g/mol. The molecule has 3 rings (SSSR count). The largest absolute Gasteiger partial charge is 0.507 e.